The van der Waals surface area contributed by atoms with Crippen molar-refractivity contribution < 1.29 is 14.6 Å². The van der Waals surface area contributed by atoms with Crippen LogP contribution in [0.4, 0.5) is 0 Å². The summed E-state index contributed by atoms with van der Waals surface area (Å²) in [5, 5.41) is 9.51. The van der Waals surface area contributed by atoms with Gasteiger partial charge in [-0.25, -0.2) is 9.78 Å². The molecular weight excluding hydrogens is 348 g/mol. The maximum absolute atomic E-state index is 11.0. The van der Waals surface area contributed by atoms with Crippen LogP contribution in [-0.4, -0.2) is 16.1 Å². The second-order valence-electron chi connectivity index (χ2n) is 3.58. The van der Waals surface area contributed by atoms with Crippen LogP contribution in [0, 0.1) is 0 Å². The number of ether oxygens (including phenoxy) is 1. The summed E-state index contributed by atoms with van der Waals surface area (Å²) in [6, 6.07) is 4.04. The smallest absolute Gasteiger partial charge is 0.337 e. The number of benzene rings is 1. The third-order valence-electron chi connectivity index (χ3n) is 2.27. The Morgan fingerprint density at radius 1 is 1.10 bits per heavy atom. The minimum Gasteiger partial charge on any atom is -0.478 e. The van der Waals surface area contributed by atoms with Gasteiger partial charge in [0.2, 0.25) is 5.88 Å². The van der Waals surface area contributed by atoms with Gasteiger partial charge in [0.05, 0.1) is 20.6 Å². The zero-order chi connectivity index (χ0) is 14.9. The number of hydrogen-bond acceptors (Lipinski definition) is 3. The molecule has 0 bridgehead atoms. The van der Waals surface area contributed by atoms with E-state index in [2.05, 4.69) is 4.98 Å². The van der Waals surface area contributed by atoms with Crippen LogP contribution in [0.3, 0.4) is 0 Å². The molecule has 0 aliphatic heterocycles. The van der Waals surface area contributed by atoms with Gasteiger partial charge in [0.25, 0.3) is 0 Å². The lowest BCUT2D eigenvalue weighted by Gasteiger charge is -2.10. The largest absolute Gasteiger partial charge is 0.478 e. The van der Waals surface area contributed by atoms with Crippen LogP contribution in [0.25, 0.3) is 0 Å². The van der Waals surface area contributed by atoms with Gasteiger partial charge in [-0.2, -0.15) is 0 Å². The quantitative estimate of drug-likeness (QED) is 0.772. The Balaban J connectivity index is 2.43. The molecule has 2 rings (SSSR count). The molecule has 0 unspecified atom stereocenters. The summed E-state index contributed by atoms with van der Waals surface area (Å²) in [5.41, 5.74) is -0.132. The van der Waals surface area contributed by atoms with E-state index in [9.17, 15) is 4.79 Å². The summed E-state index contributed by atoms with van der Waals surface area (Å²) in [4.78, 5) is 14.8. The summed E-state index contributed by atoms with van der Waals surface area (Å²) in [5.74, 6) is -1.12. The van der Waals surface area contributed by atoms with E-state index in [4.69, 9.17) is 56.2 Å². The molecule has 8 heteroatoms. The summed E-state index contributed by atoms with van der Waals surface area (Å²) in [6.07, 6.45) is 1.26. The topological polar surface area (TPSA) is 59.4 Å². The number of nitrogens with zero attached hydrogens (tertiary/aromatic N) is 1. The Morgan fingerprint density at radius 3 is 2.40 bits per heavy atom. The van der Waals surface area contributed by atoms with Crippen LogP contribution >= 0.6 is 46.4 Å². The average Bonchev–Trinajstić information content (AvgIpc) is 2.37. The first kappa shape index (κ1) is 15.2. The number of carbonyl (C=O) groups is 1. The zero-order valence-corrected chi connectivity index (χ0v) is 12.6. The molecule has 2 aromatic rings. The maximum Gasteiger partial charge on any atom is 0.337 e. The lowest BCUT2D eigenvalue weighted by molar-refractivity contribution is 0.0696. The van der Waals surface area contributed by atoms with Crippen molar-refractivity contribution in [2.45, 2.75) is 0 Å². The van der Waals surface area contributed by atoms with Gasteiger partial charge in [-0.3, -0.25) is 0 Å². The number of carboxylic acid groups (broad SMARTS) is 1. The molecule has 1 aromatic heterocycles. The van der Waals surface area contributed by atoms with Gasteiger partial charge in [-0.15, -0.1) is 0 Å². The second kappa shape index (κ2) is 6.06. The molecule has 0 spiro atoms. The van der Waals surface area contributed by atoms with Crippen LogP contribution < -0.4 is 4.74 Å². The summed E-state index contributed by atoms with van der Waals surface area (Å²) in [7, 11) is 0. The minimum absolute atomic E-state index is 0.0909. The van der Waals surface area contributed by atoms with Crippen molar-refractivity contribution in [3.63, 3.8) is 0 Å². The molecule has 104 valence electrons. The Bertz CT molecular complexity index is 691. The van der Waals surface area contributed by atoms with E-state index >= 15 is 0 Å². The Kier molecular flexibility index (Phi) is 4.60. The van der Waals surface area contributed by atoms with E-state index in [1.165, 1.54) is 24.4 Å². The normalized spacial score (nSPS) is 10.4. The lowest BCUT2D eigenvalue weighted by atomic mass is 10.2. The highest BCUT2D eigenvalue weighted by Crippen LogP contribution is 2.38. The van der Waals surface area contributed by atoms with E-state index in [0.29, 0.717) is 0 Å². The monoisotopic (exact) mass is 351 g/mol. The van der Waals surface area contributed by atoms with E-state index in [1.807, 2.05) is 0 Å². The molecule has 0 saturated carbocycles. The number of carboxylic acids is 1. The van der Waals surface area contributed by atoms with Gasteiger partial charge in [0.1, 0.15) is 10.8 Å². The maximum atomic E-state index is 11.0. The standard InChI is InChI=1S/C12H5Cl4NO3/c13-6-3-8(15)9(4-7(6)14)20-11-10(16)5(12(18)19)1-2-17-11/h1-4H,(H,18,19). The van der Waals surface area contributed by atoms with Crippen molar-refractivity contribution in [1.82, 2.24) is 4.98 Å². The van der Waals surface area contributed by atoms with Crippen LogP contribution in [0.2, 0.25) is 20.1 Å². The van der Waals surface area contributed by atoms with Crippen molar-refractivity contribution >= 4 is 52.4 Å². The summed E-state index contributed by atoms with van der Waals surface area (Å²) in [6.45, 7) is 0. The van der Waals surface area contributed by atoms with Gasteiger partial charge in [0, 0.05) is 12.3 Å². The third kappa shape index (κ3) is 3.10. The molecule has 0 saturated heterocycles. The van der Waals surface area contributed by atoms with Crippen LogP contribution in [0.1, 0.15) is 10.4 Å². The highest BCUT2D eigenvalue weighted by molar-refractivity contribution is 6.43. The van der Waals surface area contributed by atoms with Crippen LogP contribution in [0.15, 0.2) is 24.4 Å². The zero-order valence-electron chi connectivity index (χ0n) is 9.53. The van der Waals surface area contributed by atoms with Crippen molar-refractivity contribution in [2.24, 2.45) is 0 Å². The number of rotatable bonds is 3. The third-order valence-corrected chi connectivity index (χ3v) is 3.65. The van der Waals surface area contributed by atoms with Gasteiger partial charge in [-0.1, -0.05) is 46.4 Å². The molecule has 4 nitrogen and oxygen atoms in total. The van der Waals surface area contributed by atoms with Gasteiger partial charge in [-0.05, 0) is 12.1 Å². The Labute approximate surface area is 133 Å². The molecule has 1 aromatic carbocycles. The lowest BCUT2D eigenvalue weighted by Crippen LogP contribution is -2.00. The fraction of sp³-hybridized carbons (Fsp3) is 0. The molecular formula is C12H5Cl4NO3. The number of halogens is 4. The van der Waals surface area contributed by atoms with Crippen molar-refractivity contribution in [1.29, 1.82) is 0 Å². The van der Waals surface area contributed by atoms with Gasteiger partial charge < -0.3 is 9.84 Å². The first-order valence-corrected chi connectivity index (χ1v) is 6.61. The van der Waals surface area contributed by atoms with Crippen molar-refractivity contribution in [3.8, 4) is 11.6 Å². The predicted molar refractivity (Wildman–Crippen MR) is 77.8 cm³/mol. The van der Waals surface area contributed by atoms with Gasteiger partial charge >= 0.3 is 5.97 Å². The molecule has 0 aliphatic rings. The van der Waals surface area contributed by atoms with E-state index in [-0.39, 0.29) is 37.3 Å². The van der Waals surface area contributed by atoms with Crippen LogP contribution in [0.5, 0.6) is 11.6 Å². The fourth-order valence-electron chi connectivity index (χ4n) is 1.35. The minimum atomic E-state index is -1.19. The molecule has 1 heterocycles. The molecule has 0 radical (unpaired) electrons. The molecule has 20 heavy (non-hydrogen) atoms. The first-order valence-electron chi connectivity index (χ1n) is 5.10. The molecule has 0 atom stereocenters. The van der Waals surface area contributed by atoms with E-state index in [0.717, 1.165) is 0 Å². The second-order valence-corrected chi connectivity index (χ2v) is 5.18. The predicted octanol–water partition coefficient (Wildman–Crippen LogP) is 5.19. The molecule has 0 amide bonds. The summed E-state index contributed by atoms with van der Waals surface area (Å²) < 4.78 is 5.39. The number of pyridine rings is 1. The van der Waals surface area contributed by atoms with Crippen molar-refractivity contribution in [3.05, 3.63) is 50.0 Å². The van der Waals surface area contributed by atoms with E-state index < -0.39 is 5.97 Å². The number of hydrogen-bond donors (Lipinski definition) is 1. The van der Waals surface area contributed by atoms with Crippen LogP contribution in [-0.2, 0) is 0 Å². The highest BCUT2D eigenvalue weighted by atomic mass is 35.5. The molecule has 0 fully saturated rings. The SMILES string of the molecule is O=C(O)c1ccnc(Oc2cc(Cl)c(Cl)cc2Cl)c1Cl. The van der Waals surface area contributed by atoms with E-state index in [1.54, 1.807) is 0 Å². The number of aromatic carboxylic acids is 1. The van der Waals surface area contributed by atoms with Gasteiger partial charge in [0.15, 0.2) is 0 Å². The Hall–Kier alpha value is -1.20. The number of aromatic nitrogens is 1. The average molecular weight is 353 g/mol. The Morgan fingerprint density at radius 2 is 1.75 bits per heavy atom. The fourth-order valence-corrected chi connectivity index (χ4v) is 2.15. The highest BCUT2D eigenvalue weighted by Gasteiger charge is 2.16. The first-order chi connectivity index (χ1) is 9.40. The molecule has 0 aliphatic carbocycles. The van der Waals surface area contributed by atoms with Crippen molar-refractivity contribution in [2.75, 3.05) is 0 Å². The summed E-state index contributed by atoms with van der Waals surface area (Å²) >= 11 is 23.5. The molecule has 1 N–H and O–H groups in total.